The number of hydrogen-bond donors (Lipinski definition) is 0. The number of nitrogens with zero attached hydrogens (tertiary/aromatic N) is 2. The molecule has 0 unspecified atom stereocenters. The zero-order valence-electron chi connectivity index (χ0n) is 13.5. The van der Waals surface area contributed by atoms with E-state index in [4.69, 9.17) is 14.3 Å². The SMILES string of the molecule is COc1cc(I)c(Cn2cccc2C(=O)N(C)OC)cc1OC. The predicted octanol–water partition coefficient (Wildman–Crippen LogP) is 2.79. The Morgan fingerprint density at radius 2 is 1.87 bits per heavy atom. The summed E-state index contributed by atoms with van der Waals surface area (Å²) in [4.78, 5) is 17.3. The predicted molar refractivity (Wildman–Crippen MR) is 94.9 cm³/mol. The van der Waals surface area contributed by atoms with Gasteiger partial charge in [-0.25, -0.2) is 5.06 Å². The maximum Gasteiger partial charge on any atom is 0.293 e. The topological polar surface area (TPSA) is 52.9 Å². The van der Waals surface area contributed by atoms with Crippen molar-refractivity contribution < 1.29 is 19.1 Å². The molecule has 0 saturated heterocycles. The second-order valence-corrected chi connectivity index (χ2v) is 5.97. The molecule has 0 aliphatic heterocycles. The van der Waals surface area contributed by atoms with Gasteiger partial charge in [-0.3, -0.25) is 9.63 Å². The van der Waals surface area contributed by atoms with Crippen LogP contribution < -0.4 is 9.47 Å². The monoisotopic (exact) mass is 430 g/mol. The van der Waals surface area contributed by atoms with Crippen molar-refractivity contribution in [2.45, 2.75) is 6.54 Å². The number of hydrogen-bond acceptors (Lipinski definition) is 4. The van der Waals surface area contributed by atoms with Gasteiger partial charge in [-0.05, 0) is 52.4 Å². The van der Waals surface area contributed by atoms with Crippen LogP contribution in [0.1, 0.15) is 16.1 Å². The van der Waals surface area contributed by atoms with E-state index in [1.54, 1.807) is 27.3 Å². The highest BCUT2D eigenvalue weighted by Gasteiger charge is 2.17. The van der Waals surface area contributed by atoms with Crippen molar-refractivity contribution in [3.63, 3.8) is 0 Å². The molecule has 2 rings (SSSR count). The van der Waals surface area contributed by atoms with E-state index in [-0.39, 0.29) is 5.91 Å². The minimum absolute atomic E-state index is 0.201. The van der Waals surface area contributed by atoms with Crippen molar-refractivity contribution in [3.8, 4) is 11.5 Å². The third-order valence-corrected chi connectivity index (χ3v) is 4.51. The molecule has 0 bridgehead atoms. The lowest BCUT2D eigenvalue weighted by Crippen LogP contribution is -2.27. The van der Waals surface area contributed by atoms with Crippen LogP contribution in [0.2, 0.25) is 0 Å². The molecule has 0 atom stereocenters. The van der Waals surface area contributed by atoms with Crippen molar-refractivity contribution in [1.82, 2.24) is 9.63 Å². The number of benzene rings is 1. The molecule has 124 valence electrons. The second-order valence-electron chi connectivity index (χ2n) is 4.81. The zero-order valence-corrected chi connectivity index (χ0v) is 15.7. The quantitative estimate of drug-likeness (QED) is 0.523. The van der Waals surface area contributed by atoms with Gasteiger partial charge in [0.25, 0.3) is 5.91 Å². The number of rotatable bonds is 6. The molecule has 1 amide bonds. The van der Waals surface area contributed by atoms with Crippen LogP contribution in [0.3, 0.4) is 0 Å². The van der Waals surface area contributed by atoms with Gasteiger partial charge in [0.05, 0.1) is 21.3 Å². The summed E-state index contributed by atoms with van der Waals surface area (Å²) in [5, 5.41) is 1.20. The highest BCUT2D eigenvalue weighted by Crippen LogP contribution is 2.31. The van der Waals surface area contributed by atoms with Gasteiger partial charge in [-0.1, -0.05) is 0 Å². The number of halogens is 1. The third-order valence-electron chi connectivity index (χ3n) is 3.50. The summed E-state index contributed by atoms with van der Waals surface area (Å²) in [6.45, 7) is 0.546. The first-order valence-corrected chi connectivity index (χ1v) is 7.97. The summed E-state index contributed by atoms with van der Waals surface area (Å²) in [5.74, 6) is 1.15. The Morgan fingerprint density at radius 1 is 1.22 bits per heavy atom. The van der Waals surface area contributed by atoms with Crippen LogP contribution in [-0.2, 0) is 11.4 Å². The minimum atomic E-state index is -0.201. The number of ether oxygens (including phenoxy) is 2. The Labute approximate surface area is 149 Å². The molecule has 1 heterocycles. The summed E-state index contributed by atoms with van der Waals surface area (Å²) in [5.41, 5.74) is 1.59. The summed E-state index contributed by atoms with van der Waals surface area (Å²) in [6.07, 6.45) is 1.86. The summed E-state index contributed by atoms with van der Waals surface area (Å²) in [7, 11) is 6.26. The number of amides is 1. The lowest BCUT2D eigenvalue weighted by Gasteiger charge is -2.17. The largest absolute Gasteiger partial charge is 0.493 e. The van der Waals surface area contributed by atoms with E-state index in [0.717, 1.165) is 9.13 Å². The number of carbonyl (C=O) groups excluding carboxylic acids is 1. The molecule has 0 aliphatic rings. The zero-order chi connectivity index (χ0) is 17.0. The number of carbonyl (C=O) groups is 1. The maximum absolute atomic E-state index is 12.3. The molecular weight excluding hydrogens is 411 g/mol. The van der Waals surface area contributed by atoms with Crippen LogP contribution in [0.15, 0.2) is 30.5 Å². The van der Waals surface area contributed by atoms with Crippen molar-refractivity contribution in [2.24, 2.45) is 0 Å². The molecular formula is C16H19IN2O4. The molecule has 0 N–H and O–H groups in total. The second kappa shape index (κ2) is 7.69. The van der Waals surface area contributed by atoms with E-state index in [9.17, 15) is 4.79 Å². The molecule has 2 aromatic rings. The number of methoxy groups -OCH3 is 2. The standard InChI is InChI=1S/C16H19IN2O4/c1-18(23-4)16(20)13-6-5-7-19(13)10-11-8-14(21-2)15(22-3)9-12(11)17/h5-9H,10H2,1-4H3. The van der Waals surface area contributed by atoms with Crippen LogP contribution in [0.4, 0.5) is 0 Å². The van der Waals surface area contributed by atoms with Crippen molar-refractivity contribution in [3.05, 3.63) is 45.3 Å². The van der Waals surface area contributed by atoms with Gasteiger partial charge in [0.2, 0.25) is 0 Å². The normalized spacial score (nSPS) is 10.5. The summed E-state index contributed by atoms with van der Waals surface area (Å²) >= 11 is 2.25. The molecule has 0 fully saturated rings. The molecule has 1 aromatic heterocycles. The van der Waals surface area contributed by atoms with E-state index in [1.807, 2.05) is 29.0 Å². The molecule has 0 radical (unpaired) electrons. The van der Waals surface area contributed by atoms with Gasteiger partial charge in [0.1, 0.15) is 5.69 Å². The summed E-state index contributed by atoms with van der Waals surface area (Å²) < 4.78 is 13.6. The Hall–Kier alpha value is -1.74. The van der Waals surface area contributed by atoms with Crippen LogP contribution in [-0.4, -0.2) is 43.9 Å². The fraction of sp³-hybridized carbons (Fsp3) is 0.312. The van der Waals surface area contributed by atoms with Gasteiger partial charge in [0.15, 0.2) is 11.5 Å². The first kappa shape index (κ1) is 17.6. The van der Waals surface area contributed by atoms with E-state index in [1.165, 1.54) is 12.2 Å². The molecule has 0 saturated carbocycles. The van der Waals surface area contributed by atoms with Gasteiger partial charge < -0.3 is 14.0 Å². The molecule has 0 spiro atoms. The maximum atomic E-state index is 12.3. The van der Waals surface area contributed by atoms with Crippen molar-refractivity contribution >= 4 is 28.5 Å². The van der Waals surface area contributed by atoms with Crippen LogP contribution >= 0.6 is 22.6 Å². The Kier molecular flexibility index (Phi) is 5.89. The third kappa shape index (κ3) is 3.78. The lowest BCUT2D eigenvalue weighted by atomic mass is 10.2. The highest BCUT2D eigenvalue weighted by atomic mass is 127. The van der Waals surface area contributed by atoms with E-state index in [0.29, 0.717) is 23.7 Å². The average molecular weight is 430 g/mol. The lowest BCUT2D eigenvalue weighted by molar-refractivity contribution is -0.0762. The van der Waals surface area contributed by atoms with Crippen LogP contribution in [0.5, 0.6) is 11.5 Å². The van der Waals surface area contributed by atoms with Gasteiger partial charge in [-0.2, -0.15) is 0 Å². The van der Waals surface area contributed by atoms with Crippen LogP contribution in [0.25, 0.3) is 0 Å². The smallest absolute Gasteiger partial charge is 0.293 e. The van der Waals surface area contributed by atoms with Gasteiger partial charge in [0, 0.05) is 23.4 Å². The van der Waals surface area contributed by atoms with E-state index in [2.05, 4.69) is 22.6 Å². The van der Waals surface area contributed by atoms with Crippen LogP contribution in [0, 0.1) is 3.57 Å². The van der Waals surface area contributed by atoms with Gasteiger partial charge >= 0.3 is 0 Å². The molecule has 23 heavy (non-hydrogen) atoms. The fourth-order valence-corrected chi connectivity index (χ4v) is 2.80. The molecule has 6 nitrogen and oxygen atoms in total. The number of aromatic nitrogens is 1. The molecule has 1 aromatic carbocycles. The molecule has 0 aliphatic carbocycles. The first-order valence-electron chi connectivity index (χ1n) is 6.89. The molecule has 7 heteroatoms. The Balaban J connectivity index is 2.34. The van der Waals surface area contributed by atoms with Crippen molar-refractivity contribution in [2.75, 3.05) is 28.4 Å². The fourth-order valence-electron chi connectivity index (χ4n) is 2.19. The van der Waals surface area contributed by atoms with E-state index >= 15 is 0 Å². The minimum Gasteiger partial charge on any atom is -0.493 e. The Bertz CT molecular complexity index is 699. The van der Waals surface area contributed by atoms with Crippen molar-refractivity contribution in [1.29, 1.82) is 0 Å². The number of hydroxylamine groups is 2. The van der Waals surface area contributed by atoms with Gasteiger partial charge in [-0.15, -0.1) is 0 Å². The first-order chi connectivity index (χ1) is 11.0. The highest BCUT2D eigenvalue weighted by molar-refractivity contribution is 14.1. The van der Waals surface area contributed by atoms with E-state index < -0.39 is 0 Å². The average Bonchev–Trinajstić information content (AvgIpc) is 3.02. The summed E-state index contributed by atoms with van der Waals surface area (Å²) in [6, 6.07) is 7.45. The Morgan fingerprint density at radius 3 is 2.48 bits per heavy atom.